The third-order valence-electron chi connectivity index (χ3n) is 5.75. The maximum Gasteiger partial charge on any atom is 0.246 e. The van der Waals surface area contributed by atoms with Crippen molar-refractivity contribution in [2.75, 3.05) is 13.2 Å². The first-order valence-electron chi connectivity index (χ1n) is 9.54. The first-order chi connectivity index (χ1) is 13.0. The summed E-state index contributed by atoms with van der Waals surface area (Å²) in [5.41, 5.74) is 2.11. The van der Waals surface area contributed by atoms with Gasteiger partial charge in [-0.2, -0.15) is 0 Å². The molecule has 0 atom stereocenters. The van der Waals surface area contributed by atoms with Gasteiger partial charge in [-0.3, -0.25) is 9.59 Å². The summed E-state index contributed by atoms with van der Waals surface area (Å²) in [4.78, 5) is 28.2. The number of carbonyl (C=O) groups excluding carboxylic acids is 2. The summed E-state index contributed by atoms with van der Waals surface area (Å²) in [5.74, 6) is -0.128. The monoisotopic (exact) mass is 367 g/mol. The van der Waals surface area contributed by atoms with Crippen LogP contribution in [0.4, 0.5) is 0 Å². The molecule has 4 rings (SSSR count). The van der Waals surface area contributed by atoms with Crippen LogP contribution in [0.1, 0.15) is 43.9 Å². The minimum Gasteiger partial charge on any atom is -0.319 e. The number of hydrogen-bond donors (Lipinski definition) is 0. The van der Waals surface area contributed by atoms with E-state index in [2.05, 4.69) is 17.2 Å². The molecule has 1 saturated heterocycles. The highest BCUT2D eigenvalue weighted by molar-refractivity contribution is 5.87. The average molecular weight is 367 g/mol. The first kappa shape index (κ1) is 17.7. The van der Waals surface area contributed by atoms with Crippen molar-refractivity contribution in [1.82, 2.24) is 24.8 Å². The Morgan fingerprint density at radius 2 is 1.93 bits per heavy atom. The van der Waals surface area contributed by atoms with E-state index in [0.29, 0.717) is 13.2 Å². The average Bonchev–Trinajstić information content (AvgIpc) is 3.38. The Bertz CT molecular complexity index is 826. The second-order valence-electron chi connectivity index (χ2n) is 7.88. The Labute approximate surface area is 158 Å². The minimum atomic E-state index is -0.105. The van der Waals surface area contributed by atoms with Gasteiger partial charge < -0.3 is 9.80 Å². The van der Waals surface area contributed by atoms with Crippen LogP contribution in [0, 0.1) is 0 Å². The van der Waals surface area contributed by atoms with Gasteiger partial charge in [-0.15, -0.1) is 5.10 Å². The lowest BCUT2D eigenvalue weighted by molar-refractivity contribution is -0.132. The molecule has 0 N–H and O–H groups in total. The predicted octanol–water partition coefficient (Wildman–Crippen LogP) is 1.94. The maximum absolute atomic E-state index is 12.6. The fourth-order valence-electron chi connectivity index (χ4n) is 4.01. The van der Waals surface area contributed by atoms with Crippen LogP contribution in [0.25, 0.3) is 0 Å². The third kappa shape index (κ3) is 3.72. The Morgan fingerprint density at radius 3 is 2.67 bits per heavy atom. The molecule has 142 valence electrons. The molecule has 2 amide bonds. The number of aromatic nitrogens is 3. The zero-order valence-corrected chi connectivity index (χ0v) is 15.7. The van der Waals surface area contributed by atoms with E-state index in [0.717, 1.165) is 24.1 Å². The molecule has 1 saturated carbocycles. The highest BCUT2D eigenvalue weighted by Crippen LogP contribution is 2.39. The molecule has 0 spiro atoms. The maximum atomic E-state index is 12.6. The van der Waals surface area contributed by atoms with E-state index in [1.165, 1.54) is 12.8 Å². The number of benzene rings is 1. The molecule has 0 radical (unpaired) electrons. The van der Waals surface area contributed by atoms with Crippen molar-refractivity contribution in [2.45, 2.75) is 51.1 Å². The number of hydrogen-bond acceptors (Lipinski definition) is 4. The summed E-state index contributed by atoms with van der Waals surface area (Å²) in [7, 11) is 0. The lowest BCUT2D eigenvalue weighted by atomic mass is 9.86. The van der Waals surface area contributed by atoms with Crippen LogP contribution in [-0.4, -0.2) is 49.8 Å². The number of nitrogens with zero attached hydrogens (tertiary/aromatic N) is 5. The van der Waals surface area contributed by atoms with E-state index in [4.69, 9.17) is 0 Å². The normalized spacial score (nSPS) is 19.1. The SMILES string of the molecule is CC1(c2cn(CC(=O)N3CC(=O)N(Cc4ccccc4)C3)nn2)CCCC1. The van der Waals surface area contributed by atoms with Crippen LogP contribution in [0.5, 0.6) is 0 Å². The second-order valence-corrected chi connectivity index (χ2v) is 7.88. The van der Waals surface area contributed by atoms with Gasteiger partial charge in [-0.05, 0) is 18.4 Å². The molecule has 0 unspecified atom stereocenters. The van der Waals surface area contributed by atoms with Gasteiger partial charge in [0.2, 0.25) is 11.8 Å². The molecule has 1 aromatic carbocycles. The summed E-state index contributed by atoms with van der Waals surface area (Å²) < 4.78 is 1.60. The van der Waals surface area contributed by atoms with Gasteiger partial charge in [0.15, 0.2) is 0 Å². The van der Waals surface area contributed by atoms with Gasteiger partial charge in [0.25, 0.3) is 0 Å². The van der Waals surface area contributed by atoms with Crippen LogP contribution < -0.4 is 0 Å². The van der Waals surface area contributed by atoms with Gasteiger partial charge >= 0.3 is 0 Å². The Morgan fingerprint density at radius 1 is 1.19 bits per heavy atom. The molecule has 7 nitrogen and oxygen atoms in total. The van der Waals surface area contributed by atoms with E-state index < -0.39 is 0 Å². The minimum absolute atomic E-state index is 0.0232. The van der Waals surface area contributed by atoms with Crippen LogP contribution in [-0.2, 0) is 28.1 Å². The summed E-state index contributed by atoms with van der Waals surface area (Å²) >= 11 is 0. The fraction of sp³-hybridized carbons (Fsp3) is 0.500. The molecule has 27 heavy (non-hydrogen) atoms. The largest absolute Gasteiger partial charge is 0.319 e. The van der Waals surface area contributed by atoms with Gasteiger partial charge in [0, 0.05) is 18.2 Å². The summed E-state index contributed by atoms with van der Waals surface area (Å²) in [6, 6.07) is 9.82. The molecule has 1 aromatic heterocycles. The molecule has 7 heteroatoms. The molecule has 0 bridgehead atoms. The van der Waals surface area contributed by atoms with Gasteiger partial charge in [-0.25, -0.2) is 4.68 Å². The molecule has 1 aliphatic heterocycles. The van der Waals surface area contributed by atoms with Crippen molar-refractivity contribution in [3.8, 4) is 0 Å². The van der Waals surface area contributed by atoms with Crippen LogP contribution in [0.2, 0.25) is 0 Å². The van der Waals surface area contributed by atoms with Gasteiger partial charge in [-0.1, -0.05) is 55.3 Å². The van der Waals surface area contributed by atoms with Crippen molar-refractivity contribution in [1.29, 1.82) is 0 Å². The van der Waals surface area contributed by atoms with E-state index in [-0.39, 0.29) is 30.3 Å². The molecular formula is C20H25N5O2. The molecule has 2 fully saturated rings. The van der Waals surface area contributed by atoms with Crippen LogP contribution in [0.15, 0.2) is 36.5 Å². The van der Waals surface area contributed by atoms with Crippen molar-refractivity contribution in [3.63, 3.8) is 0 Å². The van der Waals surface area contributed by atoms with Crippen molar-refractivity contribution in [2.24, 2.45) is 0 Å². The van der Waals surface area contributed by atoms with E-state index >= 15 is 0 Å². The Balaban J connectivity index is 1.36. The molecule has 2 heterocycles. The quantitative estimate of drug-likeness (QED) is 0.810. The van der Waals surface area contributed by atoms with E-state index in [9.17, 15) is 9.59 Å². The van der Waals surface area contributed by atoms with Crippen molar-refractivity contribution in [3.05, 3.63) is 47.8 Å². The third-order valence-corrected chi connectivity index (χ3v) is 5.75. The van der Waals surface area contributed by atoms with Gasteiger partial charge in [0.05, 0.1) is 12.4 Å². The fourth-order valence-corrected chi connectivity index (χ4v) is 4.01. The topological polar surface area (TPSA) is 71.3 Å². The Hall–Kier alpha value is -2.70. The van der Waals surface area contributed by atoms with Crippen molar-refractivity contribution >= 4 is 11.8 Å². The van der Waals surface area contributed by atoms with Gasteiger partial charge in [0.1, 0.15) is 13.1 Å². The number of amides is 2. The lowest BCUT2D eigenvalue weighted by Gasteiger charge is -2.19. The molecule has 1 aliphatic carbocycles. The Kier molecular flexibility index (Phi) is 4.68. The zero-order valence-electron chi connectivity index (χ0n) is 15.7. The standard InChI is InChI=1S/C20H25N5O2/c1-20(9-5-6-10-20)17-12-25(22-21-17)14-19(27)24-13-18(26)23(15-24)11-16-7-3-2-4-8-16/h2-4,7-8,12H,5-6,9-11,13-15H2,1H3. The first-order valence-corrected chi connectivity index (χ1v) is 9.54. The summed E-state index contributed by atoms with van der Waals surface area (Å²) in [6.45, 7) is 3.32. The van der Waals surface area contributed by atoms with Crippen molar-refractivity contribution < 1.29 is 9.59 Å². The van der Waals surface area contributed by atoms with Crippen LogP contribution in [0.3, 0.4) is 0 Å². The second kappa shape index (κ2) is 7.13. The zero-order chi connectivity index (χ0) is 18.9. The predicted molar refractivity (Wildman–Crippen MR) is 99.4 cm³/mol. The number of rotatable bonds is 5. The highest BCUT2D eigenvalue weighted by Gasteiger charge is 2.34. The van der Waals surface area contributed by atoms with E-state index in [1.807, 2.05) is 36.5 Å². The smallest absolute Gasteiger partial charge is 0.246 e. The molecular weight excluding hydrogens is 342 g/mol. The molecule has 2 aromatic rings. The summed E-state index contributed by atoms with van der Waals surface area (Å²) in [6.07, 6.45) is 6.57. The molecule has 2 aliphatic rings. The van der Waals surface area contributed by atoms with E-state index in [1.54, 1.807) is 14.5 Å². The number of carbonyl (C=O) groups is 2. The lowest BCUT2D eigenvalue weighted by Crippen LogP contribution is -2.33. The van der Waals surface area contributed by atoms with Crippen LogP contribution >= 0.6 is 0 Å². The summed E-state index contributed by atoms with van der Waals surface area (Å²) in [5, 5.41) is 8.44. The highest BCUT2D eigenvalue weighted by atomic mass is 16.2.